The van der Waals surface area contributed by atoms with Crippen LogP contribution >= 0.6 is 0 Å². The van der Waals surface area contributed by atoms with Gasteiger partial charge in [-0.2, -0.15) is 0 Å². The molecule has 0 fully saturated rings. The van der Waals surface area contributed by atoms with E-state index in [4.69, 9.17) is 0 Å². The number of hydrogen-bond donors (Lipinski definition) is 2. The minimum Gasteiger partial charge on any atom is -0.507 e. The van der Waals surface area contributed by atoms with Gasteiger partial charge < -0.3 is 10.2 Å². The monoisotopic (exact) mass is 326 g/mol. The first-order valence-corrected chi connectivity index (χ1v) is 8.51. The predicted molar refractivity (Wildman–Crippen MR) is 102 cm³/mol. The lowest BCUT2D eigenvalue weighted by atomic mass is 9.77. The van der Waals surface area contributed by atoms with E-state index in [-0.39, 0.29) is 10.8 Å². The highest BCUT2D eigenvalue weighted by molar-refractivity contribution is 5.75. The predicted octanol–water partition coefficient (Wildman–Crippen LogP) is 5.98. The van der Waals surface area contributed by atoms with E-state index in [1.54, 1.807) is 0 Å². The summed E-state index contributed by atoms with van der Waals surface area (Å²) in [5, 5.41) is 21.4. The Morgan fingerprint density at radius 2 is 1.12 bits per heavy atom. The lowest BCUT2D eigenvalue weighted by Gasteiger charge is -2.28. The quantitative estimate of drug-likeness (QED) is 0.677. The fraction of sp³-hybridized carbons (Fsp3) is 0.455. The molecule has 0 aliphatic carbocycles. The molecule has 130 valence electrons. The summed E-state index contributed by atoms with van der Waals surface area (Å²) in [7, 11) is 0. The summed E-state index contributed by atoms with van der Waals surface area (Å²) >= 11 is 0. The third kappa shape index (κ3) is 3.43. The number of hydrogen-bond acceptors (Lipinski definition) is 2. The van der Waals surface area contributed by atoms with E-state index in [0.717, 1.165) is 33.4 Å². The van der Waals surface area contributed by atoms with Crippen LogP contribution in [0.25, 0.3) is 11.1 Å². The lowest BCUT2D eigenvalue weighted by Crippen LogP contribution is -2.17. The maximum absolute atomic E-state index is 10.8. The Hall–Kier alpha value is -1.96. The summed E-state index contributed by atoms with van der Waals surface area (Å²) in [6, 6.07) is 8.01. The third-order valence-electron chi connectivity index (χ3n) is 4.48. The zero-order valence-corrected chi connectivity index (χ0v) is 16.2. The Morgan fingerprint density at radius 1 is 0.667 bits per heavy atom. The number of phenolic OH excluding ortho intramolecular Hbond substituents is 2. The number of aryl methyl sites for hydroxylation is 2. The Balaban J connectivity index is 2.86. The number of phenols is 2. The average molecular weight is 326 g/mol. The average Bonchev–Trinajstić information content (AvgIpc) is 2.40. The number of rotatable bonds is 1. The van der Waals surface area contributed by atoms with Crippen LogP contribution in [0.3, 0.4) is 0 Å². The van der Waals surface area contributed by atoms with Gasteiger partial charge >= 0.3 is 0 Å². The van der Waals surface area contributed by atoms with Crippen LogP contribution in [0, 0.1) is 13.8 Å². The van der Waals surface area contributed by atoms with E-state index in [0.29, 0.717) is 11.5 Å². The molecule has 0 aliphatic rings. The van der Waals surface area contributed by atoms with Crippen molar-refractivity contribution in [2.24, 2.45) is 0 Å². The van der Waals surface area contributed by atoms with Gasteiger partial charge in [-0.3, -0.25) is 0 Å². The Bertz CT molecular complexity index is 737. The first kappa shape index (κ1) is 18.4. The van der Waals surface area contributed by atoms with Gasteiger partial charge in [-0.25, -0.2) is 0 Å². The third-order valence-corrected chi connectivity index (χ3v) is 4.48. The summed E-state index contributed by atoms with van der Waals surface area (Å²) in [5.74, 6) is 0.675. The molecule has 0 heterocycles. The molecule has 0 saturated carbocycles. The summed E-state index contributed by atoms with van der Waals surface area (Å²) in [6.45, 7) is 16.5. The smallest absolute Gasteiger partial charge is 0.126 e. The Labute approximate surface area is 146 Å². The van der Waals surface area contributed by atoms with Crippen LogP contribution in [0.2, 0.25) is 0 Å². The second kappa shape index (κ2) is 5.84. The fourth-order valence-electron chi connectivity index (χ4n) is 3.11. The van der Waals surface area contributed by atoms with Crippen LogP contribution in [-0.2, 0) is 10.8 Å². The van der Waals surface area contributed by atoms with Gasteiger partial charge in [-0.1, -0.05) is 47.6 Å². The summed E-state index contributed by atoms with van der Waals surface area (Å²) in [6.07, 6.45) is 0. The first-order chi connectivity index (χ1) is 10.8. The van der Waals surface area contributed by atoms with E-state index in [1.807, 2.05) is 38.1 Å². The maximum Gasteiger partial charge on any atom is 0.126 e. The van der Waals surface area contributed by atoms with Crippen LogP contribution in [0.1, 0.15) is 63.8 Å². The largest absolute Gasteiger partial charge is 0.507 e. The molecule has 0 radical (unpaired) electrons. The zero-order chi connectivity index (χ0) is 18.4. The van der Waals surface area contributed by atoms with Crippen LogP contribution in [-0.4, -0.2) is 10.2 Å². The van der Waals surface area contributed by atoms with Gasteiger partial charge in [0, 0.05) is 16.7 Å². The normalized spacial score (nSPS) is 12.5. The van der Waals surface area contributed by atoms with Crippen molar-refractivity contribution in [1.29, 1.82) is 0 Å². The molecule has 0 bridgehead atoms. The summed E-state index contributed by atoms with van der Waals surface area (Å²) < 4.78 is 0. The molecule has 2 N–H and O–H groups in total. The highest BCUT2D eigenvalue weighted by atomic mass is 16.3. The van der Waals surface area contributed by atoms with Crippen molar-refractivity contribution in [3.05, 3.63) is 46.5 Å². The summed E-state index contributed by atoms with van der Waals surface area (Å²) in [4.78, 5) is 0. The minimum absolute atomic E-state index is 0.186. The SMILES string of the molecule is Cc1cc(C)c(O)c(-c2cc(C(C)(C)C)c(O)c(C(C)(C)C)c2)c1. The molecule has 2 aromatic rings. The fourth-order valence-corrected chi connectivity index (χ4v) is 3.11. The zero-order valence-electron chi connectivity index (χ0n) is 16.2. The minimum atomic E-state index is -0.186. The molecule has 0 atom stereocenters. The Kier molecular flexibility index (Phi) is 4.47. The number of benzene rings is 2. The van der Waals surface area contributed by atoms with Crippen molar-refractivity contribution < 1.29 is 10.2 Å². The highest BCUT2D eigenvalue weighted by Gasteiger charge is 2.27. The molecule has 24 heavy (non-hydrogen) atoms. The lowest BCUT2D eigenvalue weighted by molar-refractivity contribution is 0.423. The van der Waals surface area contributed by atoms with E-state index in [2.05, 4.69) is 41.5 Å². The van der Waals surface area contributed by atoms with E-state index in [1.165, 1.54) is 0 Å². The molecular weight excluding hydrogens is 296 g/mol. The maximum atomic E-state index is 10.8. The van der Waals surface area contributed by atoms with Crippen molar-refractivity contribution in [2.75, 3.05) is 0 Å². The van der Waals surface area contributed by atoms with Gasteiger partial charge in [-0.05, 0) is 59.6 Å². The highest BCUT2D eigenvalue weighted by Crippen LogP contribution is 2.44. The molecule has 2 rings (SSSR count). The van der Waals surface area contributed by atoms with Crippen molar-refractivity contribution in [2.45, 2.75) is 66.2 Å². The molecule has 2 heteroatoms. The number of aromatic hydroxyl groups is 2. The van der Waals surface area contributed by atoms with Crippen LogP contribution in [0.4, 0.5) is 0 Å². The van der Waals surface area contributed by atoms with E-state index >= 15 is 0 Å². The van der Waals surface area contributed by atoms with Gasteiger partial charge in [0.2, 0.25) is 0 Å². The van der Waals surface area contributed by atoms with E-state index < -0.39 is 0 Å². The van der Waals surface area contributed by atoms with Crippen LogP contribution < -0.4 is 0 Å². The van der Waals surface area contributed by atoms with Gasteiger partial charge in [0.15, 0.2) is 0 Å². The molecule has 0 unspecified atom stereocenters. The van der Waals surface area contributed by atoms with Crippen molar-refractivity contribution in [3.8, 4) is 22.6 Å². The van der Waals surface area contributed by atoms with Crippen LogP contribution in [0.5, 0.6) is 11.5 Å². The van der Waals surface area contributed by atoms with Gasteiger partial charge in [0.1, 0.15) is 11.5 Å². The molecule has 0 amide bonds. The summed E-state index contributed by atoms with van der Waals surface area (Å²) in [5.41, 5.74) is 5.20. The second-order valence-electron chi connectivity index (χ2n) is 8.90. The van der Waals surface area contributed by atoms with Gasteiger partial charge in [-0.15, -0.1) is 0 Å². The Morgan fingerprint density at radius 3 is 1.54 bits per heavy atom. The molecule has 0 aliphatic heterocycles. The molecule has 2 aromatic carbocycles. The first-order valence-electron chi connectivity index (χ1n) is 8.51. The standard InChI is InChI=1S/C22H30O2/c1-13-9-14(2)19(23)16(10-13)15-11-17(21(3,4)5)20(24)18(12-15)22(6,7)8/h9-12,23-24H,1-8H3. The second-order valence-corrected chi connectivity index (χ2v) is 8.90. The van der Waals surface area contributed by atoms with Crippen LogP contribution in [0.15, 0.2) is 24.3 Å². The van der Waals surface area contributed by atoms with E-state index in [9.17, 15) is 10.2 Å². The molecular formula is C22H30O2. The molecule has 0 saturated heterocycles. The molecule has 0 aromatic heterocycles. The van der Waals surface area contributed by atoms with Gasteiger partial charge in [0.05, 0.1) is 0 Å². The van der Waals surface area contributed by atoms with Crippen molar-refractivity contribution in [1.82, 2.24) is 0 Å². The molecule has 2 nitrogen and oxygen atoms in total. The topological polar surface area (TPSA) is 40.5 Å². The van der Waals surface area contributed by atoms with Crippen molar-refractivity contribution in [3.63, 3.8) is 0 Å². The van der Waals surface area contributed by atoms with Gasteiger partial charge in [0.25, 0.3) is 0 Å². The van der Waals surface area contributed by atoms with Crippen molar-refractivity contribution >= 4 is 0 Å². The molecule has 0 spiro atoms.